The predicted octanol–water partition coefficient (Wildman–Crippen LogP) is 2.30. The predicted molar refractivity (Wildman–Crippen MR) is 70.1 cm³/mol. The van der Waals surface area contributed by atoms with Crippen molar-refractivity contribution in [3.8, 4) is 0 Å². The third-order valence-electron chi connectivity index (χ3n) is 2.81. The maximum Gasteiger partial charge on any atom is 0.282 e. The monoisotopic (exact) mass is 293 g/mol. The summed E-state index contributed by atoms with van der Waals surface area (Å²) in [5.74, 6) is -0.793. The molecule has 0 saturated heterocycles. The van der Waals surface area contributed by atoms with Crippen LogP contribution in [-0.2, 0) is 6.54 Å². The maximum atomic E-state index is 13.2. The number of halogens is 1. The summed E-state index contributed by atoms with van der Waals surface area (Å²) in [4.78, 5) is 23.6. The number of rotatable bonds is 4. The average Bonchev–Trinajstić information content (AvgIpc) is 2.82. The van der Waals surface area contributed by atoms with Crippen LogP contribution in [0.1, 0.15) is 21.8 Å². The molecule has 0 N–H and O–H groups in total. The van der Waals surface area contributed by atoms with Gasteiger partial charge in [-0.15, -0.1) is 0 Å². The first-order valence-electron chi connectivity index (χ1n) is 6.00. The zero-order valence-corrected chi connectivity index (χ0v) is 11.4. The van der Waals surface area contributed by atoms with Gasteiger partial charge in [-0.3, -0.25) is 14.9 Å². The molecule has 0 aliphatic carbocycles. The fraction of sp³-hybridized carbons (Fsp3) is 0.231. The van der Waals surface area contributed by atoms with Crippen molar-refractivity contribution in [1.82, 2.24) is 10.1 Å². The number of hydrogen-bond acceptors (Lipinski definition) is 5. The Morgan fingerprint density at radius 3 is 2.76 bits per heavy atom. The minimum atomic E-state index is -0.721. The molecule has 2 aromatic rings. The molecule has 0 spiro atoms. The lowest BCUT2D eigenvalue weighted by molar-refractivity contribution is -0.385. The van der Waals surface area contributed by atoms with Crippen LogP contribution in [0.2, 0.25) is 0 Å². The average molecular weight is 293 g/mol. The van der Waals surface area contributed by atoms with Crippen LogP contribution in [0.25, 0.3) is 0 Å². The molecule has 1 heterocycles. The van der Waals surface area contributed by atoms with Crippen molar-refractivity contribution in [2.45, 2.75) is 13.5 Å². The van der Waals surface area contributed by atoms with Gasteiger partial charge in [0.05, 0.1) is 11.5 Å². The maximum absolute atomic E-state index is 13.2. The number of aromatic nitrogens is 1. The van der Waals surface area contributed by atoms with Crippen LogP contribution in [0, 0.1) is 22.9 Å². The molecule has 7 nitrogen and oxygen atoms in total. The van der Waals surface area contributed by atoms with Gasteiger partial charge in [0.25, 0.3) is 11.6 Å². The van der Waals surface area contributed by atoms with Crippen LogP contribution in [0.15, 0.2) is 28.8 Å². The number of carbonyl (C=O) groups excluding carboxylic acids is 1. The lowest BCUT2D eigenvalue weighted by Gasteiger charge is -2.15. The highest BCUT2D eigenvalue weighted by molar-refractivity contribution is 5.97. The standard InChI is InChI=1S/C13H12FN3O4/c1-8-5-10(15-21-8)7-16(2)13(18)11-6-9(14)3-4-12(11)17(19)20/h3-6H,7H2,1-2H3. The lowest BCUT2D eigenvalue weighted by atomic mass is 10.1. The number of aryl methyl sites for hydroxylation is 1. The second-order valence-corrected chi connectivity index (χ2v) is 4.51. The Balaban J connectivity index is 2.26. The topological polar surface area (TPSA) is 89.5 Å². The quantitative estimate of drug-likeness (QED) is 0.637. The molecular formula is C13H12FN3O4. The molecule has 0 radical (unpaired) electrons. The molecule has 8 heteroatoms. The van der Waals surface area contributed by atoms with Crippen molar-refractivity contribution < 1.29 is 18.6 Å². The van der Waals surface area contributed by atoms with E-state index in [4.69, 9.17) is 4.52 Å². The molecule has 21 heavy (non-hydrogen) atoms. The Morgan fingerprint density at radius 1 is 1.48 bits per heavy atom. The van der Waals surface area contributed by atoms with Gasteiger partial charge >= 0.3 is 0 Å². The minimum Gasteiger partial charge on any atom is -0.361 e. The van der Waals surface area contributed by atoms with Gasteiger partial charge in [0.15, 0.2) is 0 Å². The smallest absolute Gasteiger partial charge is 0.282 e. The highest BCUT2D eigenvalue weighted by Crippen LogP contribution is 2.21. The van der Waals surface area contributed by atoms with Gasteiger partial charge < -0.3 is 9.42 Å². The van der Waals surface area contributed by atoms with E-state index in [0.29, 0.717) is 11.5 Å². The normalized spacial score (nSPS) is 10.4. The van der Waals surface area contributed by atoms with E-state index in [1.807, 2.05) is 0 Å². The largest absolute Gasteiger partial charge is 0.361 e. The molecule has 1 amide bonds. The van der Waals surface area contributed by atoms with E-state index in [1.165, 1.54) is 11.9 Å². The molecule has 0 bridgehead atoms. The van der Waals surface area contributed by atoms with E-state index in [1.54, 1.807) is 13.0 Å². The highest BCUT2D eigenvalue weighted by Gasteiger charge is 2.24. The first kappa shape index (κ1) is 14.6. The Labute approximate surface area is 119 Å². The van der Waals surface area contributed by atoms with Crippen LogP contribution in [-0.4, -0.2) is 27.9 Å². The van der Waals surface area contributed by atoms with E-state index < -0.39 is 22.3 Å². The Kier molecular flexibility index (Phi) is 3.97. The number of hydrogen-bond donors (Lipinski definition) is 0. The van der Waals surface area contributed by atoms with Crippen LogP contribution in [0.3, 0.4) is 0 Å². The Hall–Kier alpha value is -2.77. The zero-order chi connectivity index (χ0) is 15.6. The second kappa shape index (κ2) is 5.70. The van der Waals surface area contributed by atoms with Gasteiger partial charge in [0.1, 0.15) is 22.8 Å². The number of nitro groups is 1. The van der Waals surface area contributed by atoms with Crippen LogP contribution >= 0.6 is 0 Å². The first-order chi connectivity index (χ1) is 9.88. The van der Waals surface area contributed by atoms with Gasteiger partial charge in [-0.1, -0.05) is 5.16 Å². The number of nitro benzene ring substituents is 1. The summed E-state index contributed by atoms with van der Waals surface area (Å²) in [7, 11) is 1.45. The summed E-state index contributed by atoms with van der Waals surface area (Å²) in [6, 6.07) is 4.40. The van der Waals surface area contributed by atoms with E-state index >= 15 is 0 Å². The zero-order valence-electron chi connectivity index (χ0n) is 11.4. The summed E-state index contributed by atoms with van der Waals surface area (Å²) < 4.78 is 18.1. The first-order valence-corrected chi connectivity index (χ1v) is 6.00. The summed E-state index contributed by atoms with van der Waals surface area (Å²) >= 11 is 0. The Morgan fingerprint density at radius 2 is 2.19 bits per heavy atom. The number of carbonyl (C=O) groups is 1. The van der Waals surface area contributed by atoms with Gasteiger partial charge in [-0.25, -0.2) is 4.39 Å². The lowest BCUT2D eigenvalue weighted by Crippen LogP contribution is -2.27. The van der Waals surface area contributed by atoms with E-state index in [0.717, 1.165) is 18.2 Å². The fourth-order valence-corrected chi connectivity index (χ4v) is 1.85. The molecule has 0 saturated carbocycles. The summed E-state index contributed by atoms with van der Waals surface area (Å²) in [5, 5.41) is 14.6. The van der Waals surface area contributed by atoms with Crippen molar-refractivity contribution in [2.24, 2.45) is 0 Å². The van der Waals surface area contributed by atoms with Gasteiger partial charge in [-0.05, 0) is 19.1 Å². The van der Waals surface area contributed by atoms with Crippen molar-refractivity contribution in [3.63, 3.8) is 0 Å². The molecule has 0 fully saturated rings. The van der Waals surface area contributed by atoms with Crippen LogP contribution in [0.5, 0.6) is 0 Å². The van der Waals surface area contributed by atoms with E-state index in [2.05, 4.69) is 5.16 Å². The van der Waals surface area contributed by atoms with Gasteiger partial charge in [0.2, 0.25) is 0 Å². The molecule has 0 aliphatic rings. The van der Waals surface area contributed by atoms with Gasteiger partial charge in [0, 0.05) is 19.2 Å². The number of amides is 1. The summed E-state index contributed by atoms with van der Waals surface area (Å²) in [6.45, 7) is 1.81. The van der Waals surface area contributed by atoms with Gasteiger partial charge in [-0.2, -0.15) is 0 Å². The molecule has 0 atom stereocenters. The van der Waals surface area contributed by atoms with Crippen molar-refractivity contribution in [3.05, 3.63) is 57.2 Å². The molecule has 1 aromatic heterocycles. The number of nitrogens with zero attached hydrogens (tertiary/aromatic N) is 3. The Bertz CT molecular complexity index is 698. The molecule has 0 unspecified atom stereocenters. The number of benzene rings is 1. The second-order valence-electron chi connectivity index (χ2n) is 4.51. The minimum absolute atomic E-state index is 0.101. The third kappa shape index (κ3) is 3.22. The van der Waals surface area contributed by atoms with E-state index in [9.17, 15) is 19.3 Å². The highest BCUT2D eigenvalue weighted by atomic mass is 19.1. The van der Waals surface area contributed by atoms with E-state index in [-0.39, 0.29) is 12.1 Å². The molecular weight excluding hydrogens is 281 g/mol. The molecule has 0 aliphatic heterocycles. The third-order valence-corrected chi connectivity index (χ3v) is 2.81. The van der Waals surface area contributed by atoms with Crippen molar-refractivity contribution >= 4 is 11.6 Å². The molecule has 2 rings (SSSR count). The molecule has 110 valence electrons. The summed E-state index contributed by atoms with van der Waals surface area (Å²) in [6.07, 6.45) is 0. The SMILES string of the molecule is Cc1cc(CN(C)C(=O)c2cc(F)ccc2[N+](=O)[O-])no1. The van der Waals surface area contributed by atoms with Crippen molar-refractivity contribution in [2.75, 3.05) is 7.05 Å². The van der Waals surface area contributed by atoms with Crippen molar-refractivity contribution in [1.29, 1.82) is 0 Å². The van der Waals surface area contributed by atoms with Crippen LogP contribution < -0.4 is 0 Å². The fourth-order valence-electron chi connectivity index (χ4n) is 1.85. The molecule has 1 aromatic carbocycles. The summed E-state index contributed by atoms with van der Waals surface area (Å²) in [5.41, 5.74) is -0.241. The van der Waals surface area contributed by atoms with Crippen LogP contribution in [0.4, 0.5) is 10.1 Å².